The molecule has 0 spiro atoms. The van der Waals surface area contributed by atoms with Gasteiger partial charge in [0, 0.05) is 26.1 Å². The first-order chi connectivity index (χ1) is 7.74. The molecule has 1 fully saturated rings. The minimum absolute atomic E-state index is 0.0619. The Hall–Kier alpha value is -1.10. The van der Waals surface area contributed by atoms with E-state index < -0.39 is 0 Å². The average molecular weight is 227 g/mol. The third-order valence-corrected chi connectivity index (χ3v) is 2.63. The maximum Gasteiger partial charge on any atom is 0.239 e. The van der Waals surface area contributed by atoms with Crippen molar-refractivity contribution in [2.75, 3.05) is 32.7 Å². The van der Waals surface area contributed by atoms with Crippen molar-refractivity contribution >= 4 is 11.8 Å². The normalized spacial score (nSPS) is 16.3. The number of rotatable bonds is 6. The van der Waals surface area contributed by atoms with Gasteiger partial charge in [-0.15, -0.1) is 0 Å². The van der Waals surface area contributed by atoms with Crippen LogP contribution in [0, 0.1) is 0 Å². The third-order valence-electron chi connectivity index (χ3n) is 2.63. The highest BCUT2D eigenvalue weighted by atomic mass is 16.2. The van der Waals surface area contributed by atoms with Gasteiger partial charge in [-0.3, -0.25) is 9.59 Å². The van der Waals surface area contributed by atoms with E-state index in [9.17, 15) is 9.59 Å². The lowest BCUT2D eigenvalue weighted by molar-refractivity contribution is -0.137. The Bertz CT molecular complexity index is 243. The number of carbonyl (C=O) groups excluding carboxylic acids is 2. The number of amides is 2. The molecule has 1 rings (SSSR count). The van der Waals surface area contributed by atoms with Gasteiger partial charge < -0.3 is 15.5 Å². The molecule has 2 amide bonds. The molecule has 5 nitrogen and oxygen atoms in total. The lowest BCUT2D eigenvalue weighted by atomic mass is 10.1. The van der Waals surface area contributed by atoms with E-state index in [0.717, 1.165) is 32.5 Å². The molecule has 5 heteroatoms. The fourth-order valence-electron chi connectivity index (χ4n) is 1.73. The molecule has 0 saturated carbocycles. The molecule has 0 aliphatic carbocycles. The first kappa shape index (κ1) is 13.0. The van der Waals surface area contributed by atoms with Crippen LogP contribution in [-0.2, 0) is 9.59 Å². The van der Waals surface area contributed by atoms with Crippen LogP contribution in [0.25, 0.3) is 0 Å². The van der Waals surface area contributed by atoms with Crippen LogP contribution >= 0.6 is 0 Å². The Morgan fingerprint density at radius 2 is 2.19 bits per heavy atom. The summed E-state index contributed by atoms with van der Waals surface area (Å²) in [6.07, 6.45) is 2.55. The van der Waals surface area contributed by atoms with Gasteiger partial charge >= 0.3 is 0 Å². The van der Waals surface area contributed by atoms with Gasteiger partial charge in [0.2, 0.25) is 11.8 Å². The molecule has 2 N–H and O–H groups in total. The third kappa shape index (κ3) is 4.61. The number of carbonyl (C=O) groups is 2. The summed E-state index contributed by atoms with van der Waals surface area (Å²) in [6, 6.07) is 0. The summed E-state index contributed by atoms with van der Waals surface area (Å²) in [5, 5.41) is 5.91. The zero-order valence-corrected chi connectivity index (χ0v) is 9.92. The average Bonchev–Trinajstić information content (AvgIpc) is 2.28. The van der Waals surface area contributed by atoms with Gasteiger partial charge in [-0.1, -0.05) is 6.92 Å². The summed E-state index contributed by atoms with van der Waals surface area (Å²) in [4.78, 5) is 24.6. The van der Waals surface area contributed by atoms with E-state index in [4.69, 9.17) is 0 Å². The molecule has 0 aromatic carbocycles. The molecule has 1 saturated heterocycles. The van der Waals surface area contributed by atoms with Gasteiger partial charge in [-0.05, 0) is 19.4 Å². The van der Waals surface area contributed by atoms with Crippen molar-refractivity contribution in [2.24, 2.45) is 0 Å². The highest BCUT2D eigenvalue weighted by Crippen LogP contribution is 2.09. The molecular weight excluding hydrogens is 206 g/mol. The molecule has 0 aromatic heterocycles. The largest absolute Gasteiger partial charge is 0.353 e. The van der Waals surface area contributed by atoms with E-state index in [-0.39, 0.29) is 18.4 Å². The van der Waals surface area contributed by atoms with Crippen molar-refractivity contribution in [1.29, 1.82) is 0 Å². The van der Waals surface area contributed by atoms with Crippen LogP contribution in [0.15, 0.2) is 0 Å². The number of nitrogens with one attached hydrogen (secondary N) is 2. The maximum atomic E-state index is 11.5. The molecular formula is C11H21N3O2. The van der Waals surface area contributed by atoms with Crippen molar-refractivity contribution in [1.82, 2.24) is 15.5 Å². The zero-order chi connectivity index (χ0) is 11.8. The Morgan fingerprint density at radius 3 is 2.88 bits per heavy atom. The van der Waals surface area contributed by atoms with E-state index in [0.29, 0.717) is 13.0 Å². The zero-order valence-electron chi connectivity index (χ0n) is 9.92. The molecule has 1 aliphatic rings. The fraction of sp³-hybridized carbons (Fsp3) is 0.818. The van der Waals surface area contributed by atoms with Crippen LogP contribution < -0.4 is 10.6 Å². The van der Waals surface area contributed by atoms with Crippen LogP contribution in [0.1, 0.15) is 26.2 Å². The van der Waals surface area contributed by atoms with Crippen molar-refractivity contribution in [3.63, 3.8) is 0 Å². The minimum atomic E-state index is -0.0619. The first-order valence-electron chi connectivity index (χ1n) is 5.99. The van der Waals surface area contributed by atoms with Crippen LogP contribution in [0.5, 0.6) is 0 Å². The number of nitrogens with zero attached hydrogens (tertiary/aromatic N) is 1. The predicted molar refractivity (Wildman–Crippen MR) is 62.0 cm³/mol. The highest BCUT2D eigenvalue weighted by molar-refractivity contribution is 5.85. The quantitative estimate of drug-likeness (QED) is 0.614. The van der Waals surface area contributed by atoms with E-state index in [1.807, 2.05) is 6.92 Å². The van der Waals surface area contributed by atoms with E-state index in [1.165, 1.54) is 0 Å². The second-order valence-corrected chi connectivity index (χ2v) is 3.98. The predicted octanol–water partition coefficient (Wildman–Crippen LogP) is -0.275. The minimum Gasteiger partial charge on any atom is -0.353 e. The number of likely N-dealkylation sites (N-methyl/N-ethyl adjacent to an activating group) is 1. The molecule has 0 aromatic rings. The highest BCUT2D eigenvalue weighted by Gasteiger charge is 2.19. The molecule has 0 bridgehead atoms. The van der Waals surface area contributed by atoms with Crippen LogP contribution in [-0.4, -0.2) is 49.4 Å². The van der Waals surface area contributed by atoms with E-state index >= 15 is 0 Å². The van der Waals surface area contributed by atoms with E-state index in [1.54, 1.807) is 4.90 Å². The smallest absolute Gasteiger partial charge is 0.239 e. The van der Waals surface area contributed by atoms with Crippen molar-refractivity contribution in [3.05, 3.63) is 0 Å². The van der Waals surface area contributed by atoms with Crippen molar-refractivity contribution in [2.45, 2.75) is 26.2 Å². The SMILES string of the molecule is CCNCCNC(=O)CN1CCCCC1=O. The van der Waals surface area contributed by atoms with Gasteiger partial charge in [0.1, 0.15) is 0 Å². The number of hydrogen-bond acceptors (Lipinski definition) is 3. The van der Waals surface area contributed by atoms with Gasteiger partial charge in [-0.2, -0.15) is 0 Å². The number of hydrogen-bond donors (Lipinski definition) is 2. The summed E-state index contributed by atoms with van der Waals surface area (Å²) in [5.74, 6) is 0.0428. The summed E-state index contributed by atoms with van der Waals surface area (Å²) >= 11 is 0. The lowest BCUT2D eigenvalue weighted by Gasteiger charge is -2.25. The summed E-state index contributed by atoms with van der Waals surface area (Å²) < 4.78 is 0. The van der Waals surface area contributed by atoms with Crippen LogP contribution in [0.2, 0.25) is 0 Å². The second kappa shape index (κ2) is 7.22. The lowest BCUT2D eigenvalue weighted by Crippen LogP contribution is -2.44. The standard InChI is InChI=1S/C11H21N3O2/c1-2-12-6-7-13-10(15)9-14-8-4-3-5-11(14)16/h12H,2-9H2,1H3,(H,13,15). The van der Waals surface area contributed by atoms with Gasteiger partial charge in [0.25, 0.3) is 0 Å². The molecule has 92 valence electrons. The summed E-state index contributed by atoms with van der Waals surface area (Å²) in [5.41, 5.74) is 0. The maximum absolute atomic E-state index is 11.5. The fourth-order valence-corrected chi connectivity index (χ4v) is 1.73. The molecule has 0 atom stereocenters. The number of piperidine rings is 1. The van der Waals surface area contributed by atoms with Gasteiger partial charge in [0.15, 0.2) is 0 Å². The van der Waals surface area contributed by atoms with E-state index in [2.05, 4.69) is 10.6 Å². The Kier molecular flexibility index (Phi) is 5.85. The summed E-state index contributed by atoms with van der Waals surface area (Å²) in [6.45, 7) is 5.25. The van der Waals surface area contributed by atoms with Crippen LogP contribution in [0.3, 0.4) is 0 Å². The summed E-state index contributed by atoms with van der Waals surface area (Å²) in [7, 11) is 0. The number of likely N-dealkylation sites (tertiary alicyclic amines) is 1. The Labute approximate surface area is 96.6 Å². The topological polar surface area (TPSA) is 61.4 Å². The Balaban J connectivity index is 2.15. The molecule has 1 heterocycles. The first-order valence-corrected chi connectivity index (χ1v) is 5.99. The monoisotopic (exact) mass is 227 g/mol. The van der Waals surface area contributed by atoms with Crippen molar-refractivity contribution < 1.29 is 9.59 Å². The van der Waals surface area contributed by atoms with Crippen LogP contribution in [0.4, 0.5) is 0 Å². The van der Waals surface area contributed by atoms with Gasteiger partial charge in [0.05, 0.1) is 6.54 Å². The Morgan fingerprint density at radius 1 is 1.38 bits per heavy atom. The molecule has 16 heavy (non-hydrogen) atoms. The molecule has 1 aliphatic heterocycles. The molecule has 0 unspecified atom stereocenters. The van der Waals surface area contributed by atoms with Gasteiger partial charge in [-0.25, -0.2) is 0 Å². The second-order valence-electron chi connectivity index (χ2n) is 3.98. The molecule has 0 radical (unpaired) electrons. The van der Waals surface area contributed by atoms with Crippen molar-refractivity contribution in [3.8, 4) is 0 Å².